The number of hydrogen-bond acceptors (Lipinski definition) is 6. The van der Waals surface area contributed by atoms with Gasteiger partial charge < -0.3 is 15.2 Å². The van der Waals surface area contributed by atoms with E-state index in [2.05, 4.69) is 20.5 Å². The van der Waals surface area contributed by atoms with Crippen molar-refractivity contribution in [1.82, 2.24) is 10.5 Å². The number of aryl methyl sites for hydroxylation is 2. The van der Waals surface area contributed by atoms with Gasteiger partial charge in [0, 0.05) is 11.8 Å². The predicted octanol–water partition coefficient (Wildman–Crippen LogP) is 3.15. The second-order valence-corrected chi connectivity index (χ2v) is 8.65. The second kappa shape index (κ2) is 9.06. The van der Waals surface area contributed by atoms with Crippen LogP contribution in [0, 0.1) is 13.8 Å². The van der Waals surface area contributed by atoms with Crippen molar-refractivity contribution in [2.45, 2.75) is 25.2 Å². The van der Waals surface area contributed by atoms with Gasteiger partial charge in [-0.05, 0) is 61.5 Å². The highest BCUT2D eigenvalue weighted by Gasteiger charge is 2.16. The van der Waals surface area contributed by atoms with Gasteiger partial charge in [0.1, 0.15) is 5.76 Å². The summed E-state index contributed by atoms with van der Waals surface area (Å²) < 4.78 is 32.0. The van der Waals surface area contributed by atoms with Gasteiger partial charge in [-0.2, -0.15) is 0 Å². The van der Waals surface area contributed by atoms with Gasteiger partial charge in [0.25, 0.3) is 10.0 Å². The lowest BCUT2D eigenvalue weighted by atomic mass is 10.1. The number of nitrogens with zero attached hydrogens (tertiary/aromatic N) is 1. The molecule has 0 spiro atoms. The summed E-state index contributed by atoms with van der Waals surface area (Å²) >= 11 is 5.16. The maximum absolute atomic E-state index is 12.4. The molecule has 0 saturated heterocycles. The van der Waals surface area contributed by atoms with Crippen molar-refractivity contribution in [3.63, 3.8) is 0 Å². The molecule has 3 rings (SSSR count). The van der Waals surface area contributed by atoms with Crippen LogP contribution in [0.4, 0.5) is 11.5 Å². The number of carbonyl (C=O) groups excluding carboxylic acids is 1. The minimum absolute atomic E-state index is 0.0446. The van der Waals surface area contributed by atoms with Crippen molar-refractivity contribution in [2.24, 2.45) is 0 Å². The topological polar surface area (TPSA) is 113 Å². The van der Waals surface area contributed by atoms with Crippen LogP contribution in [0.1, 0.15) is 16.9 Å². The van der Waals surface area contributed by atoms with Gasteiger partial charge in [-0.25, -0.2) is 8.42 Å². The number of thiocarbonyl (C=S) groups is 1. The van der Waals surface area contributed by atoms with E-state index in [9.17, 15) is 13.2 Å². The van der Waals surface area contributed by atoms with E-state index < -0.39 is 10.0 Å². The minimum Gasteiger partial charge on any atom is -0.360 e. The van der Waals surface area contributed by atoms with Crippen LogP contribution in [-0.4, -0.2) is 24.6 Å². The molecule has 3 N–H and O–H groups in total. The van der Waals surface area contributed by atoms with Crippen LogP contribution in [0.5, 0.6) is 0 Å². The molecular weight excluding hydrogens is 424 g/mol. The Kier molecular flexibility index (Phi) is 6.48. The van der Waals surface area contributed by atoms with Crippen molar-refractivity contribution < 1.29 is 17.7 Å². The molecule has 3 aromatic rings. The molecule has 2 aromatic carbocycles. The number of anilines is 2. The van der Waals surface area contributed by atoms with Crippen LogP contribution in [0.25, 0.3) is 0 Å². The zero-order valence-electron chi connectivity index (χ0n) is 16.3. The van der Waals surface area contributed by atoms with Crippen LogP contribution in [-0.2, 0) is 21.2 Å². The average molecular weight is 445 g/mol. The Morgan fingerprint density at radius 1 is 1.10 bits per heavy atom. The zero-order valence-corrected chi connectivity index (χ0v) is 17.9. The lowest BCUT2D eigenvalue weighted by Crippen LogP contribution is -2.35. The van der Waals surface area contributed by atoms with Gasteiger partial charge in [-0.15, -0.1) is 0 Å². The van der Waals surface area contributed by atoms with Crippen LogP contribution in [0.2, 0.25) is 0 Å². The fourth-order valence-electron chi connectivity index (χ4n) is 2.64. The molecule has 0 fully saturated rings. The smallest absolute Gasteiger partial charge is 0.263 e. The summed E-state index contributed by atoms with van der Waals surface area (Å²) in [5.41, 5.74) is 2.48. The van der Waals surface area contributed by atoms with E-state index in [0.29, 0.717) is 11.4 Å². The van der Waals surface area contributed by atoms with Gasteiger partial charge in [-0.3, -0.25) is 9.52 Å². The maximum atomic E-state index is 12.4. The number of carbonyl (C=O) groups is 1. The summed E-state index contributed by atoms with van der Waals surface area (Å²) in [4.78, 5) is 12.2. The van der Waals surface area contributed by atoms with E-state index in [0.717, 1.165) is 11.1 Å². The third-order valence-corrected chi connectivity index (χ3v) is 5.73. The van der Waals surface area contributed by atoms with Crippen LogP contribution in [0.15, 0.2) is 64.0 Å². The highest BCUT2D eigenvalue weighted by Crippen LogP contribution is 2.18. The molecule has 0 aliphatic heterocycles. The van der Waals surface area contributed by atoms with Gasteiger partial charge in [0.15, 0.2) is 10.9 Å². The van der Waals surface area contributed by atoms with Crippen molar-refractivity contribution >= 4 is 44.8 Å². The summed E-state index contributed by atoms with van der Waals surface area (Å²) in [6.45, 7) is 3.60. The molecule has 0 radical (unpaired) electrons. The maximum Gasteiger partial charge on any atom is 0.263 e. The Balaban J connectivity index is 1.57. The standard InChI is InChI=1S/C20H20N4O4S2/c1-13-5-3-4-6-15(13)12-19(25)22-20(29)21-16-7-9-17(10-8-16)30(26,27)24-18-11-14(2)28-23-18/h3-11H,12H2,1-2H3,(H,23,24)(H2,21,22,25,29). The first-order valence-electron chi connectivity index (χ1n) is 8.94. The van der Waals surface area contributed by atoms with Crippen molar-refractivity contribution in [3.05, 3.63) is 71.5 Å². The van der Waals surface area contributed by atoms with E-state index >= 15 is 0 Å². The van der Waals surface area contributed by atoms with Gasteiger partial charge in [0.2, 0.25) is 5.91 Å². The van der Waals surface area contributed by atoms with Gasteiger partial charge in [-0.1, -0.05) is 29.4 Å². The molecule has 1 amide bonds. The normalized spacial score (nSPS) is 11.0. The summed E-state index contributed by atoms with van der Waals surface area (Å²) in [5.74, 6) is 0.352. The summed E-state index contributed by atoms with van der Waals surface area (Å²) in [6.07, 6.45) is 0.207. The van der Waals surface area contributed by atoms with Crippen LogP contribution in [0.3, 0.4) is 0 Å². The Morgan fingerprint density at radius 3 is 2.43 bits per heavy atom. The first-order valence-corrected chi connectivity index (χ1v) is 10.8. The number of benzene rings is 2. The molecule has 0 aliphatic carbocycles. The lowest BCUT2D eigenvalue weighted by Gasteiger charge is -2.11. The van der Waals surface area contributed by atoms with Crippen LogP contribution >= 0.6 is 12.2 Å². The number of rotatable bonds is 6. The predicted molar refractivity (Wildman–Crippen MR) is 118 cm³/mol. The molecule has 10 heteroatoms. The Labute approximate surface area is 179 Å². The molecule has 1 aromatic heterocycles. The molecule has 0 saturated carbocycles. The number of hydrogen-bond donors (Lipinski definition) is 3. The largest absolute Gasteiger partial charge is 0.360 e. The molecule has 30 heavy (non-hydrogen) atoms. The number of amides is 1. The van der Waals surface area contributed by atoms with E-state index in [1.807, 2.05) is 31.2 Å². The molecule has 156 valence electrons. The molecule has 0 unspecified atom stereocenters. The number of aromatic nitrogens is 1. The first kappa shape index (κ1) is 21.5. The molecule has 0 bridgehead atoms. The summed E-state index contributed by atoms with van der Waals surface area (Å²) in [6, 6.07) is 15.0. The monoisotopic (exact) mass is 444 g/mol. The van der Waals surface area contributed by atoms with Crippen molar-refractivity contribution in [3.8, 4) is 0 Å². The fourth-order valence-corrected chi connectivity index (χ4v) is 3.86. The molecule has 8 nitrogen and oxygen atoms in total. The van der Waals surface area contributed by atoms with E-state index in [-0.39, 0.29) is 28.2 Å². The zero-order chi connectivity index (χ0) is 21.7. The minimum atomic E-state index is -3.81. The Hall–Kier alpha value is -3.24. The summed E-state index contributed by atoms with van der Waals surface area (Å²) in [7, 11) is -3.81. The first-order chi connectivity index (χ1) is 14.2. The summed E-state index contributed by atoms with van der Waals surface area (Å²) in [5, 5.41) is 9.21. The average Bonchev–Trinajstić information content (AvgIpc) is 3.08. The number of sulfonamides is 1. The highest BCUT2D eigenvalue weighted by atomic mass is 32.2. The van der Waals surface area contributed by atoms with Gasteiger partial charge in [0.05, 0.1) is 11.3 Å². The third-order valence-electron chi connectivity index (χ3n) is 4.15. The van der Waals surface area contributed by atoms with E-state index in [4.69, 9.17) is 16.7 Å². The van der Waals surface area contributed by atoms with Crippen LogP contribution < -0.4 is 15.4 Å². The van der Waals surface area contributed by atoms with Gasteiger partial charge >= 0.3 is 0 Å². The molecule has 1 heterocycles. The molecule has 0 aliphatic rings. The fraction of sp³-hybridized carbons (Fsp3) is 0.150. The number of nitrogens with one attached hydrogen (secondary N) is 3. The molecule has 0 atom stereocenters. The Bertz CT molecular complexity index is 1170. The quantitative estimate of drug-likeness (QED) is 0.501. The lowest BCUT2D eigenvalue weighted by molar-refractivity contribution is -0.119. The van der Waals surface area contributed by atoms with Crippen molar-refractivity contribution in [1.29, 1.82) is 0 Å². The Morgan fingerprint density at radius 2 is 1.80 bits per heavy atom. The van der Waals surface area contributed by atoms with E-state index in [1.54, 1.807) is 19.1 Å². The SMILES string of the molecule is Cc1cc(NS(=O)(=O)c2ccc(NC(=S)NC(=O)Cc3ccccc3C)cc2)no1. The highest BCUT2D eigenvalue weighted by molar-refractivity contribution is 7.92. The third kappa shape index (κ3) is 5.65. The van der Waals surface area contributed by atoms with E-state index in [1.165, 1.54) is 18.2 Å². The van der Waals surface area contributed by atoms with Crippen molar-refractivity contribution in [2.75, 3.05) is 10.0 Å². The molecular formula is C20H20N4O4S2. The second-order valence-electron chi connectivity index (χ2n) is 6.56.